The van der Waals surface area contributed by atoms with Gasteiger partial charge in [-0.2, -0.15) is 8.78 Å². The highest BCUT2D eigenvalue weighted by Gasteiger charge is 2.39. The van der Waals surface area contributed by atoms with Crippen LogP contribution in [-0.2, 0) is 12.0 Å². The molecule has 1 saturated carbocycles. The number of rotatable bonds is 9. The van der Waals surface area contributed by atoms with Crippen molar-refractivity contribution < 1.29 is 31.5 Å². The lowest BCUT2D eigenvalue weighted by Gasteiger charge is -2.37. The molecule has 1 fully saturated rings. The molecular formula is C28H27F5N2O2. The lowest BCUT2D eigenvalue weighted by molar-refractivity contribution is -0.186. The van der Waals surface area contributed by atoms with Gasteiger partial charge in [-0.05, 0) is 53.8 Å². The summed E-state index contributed by atoms with van der Waals surface area (Å²) >= 11 is 0. The highest BCUT2D eigenvalue weighted by atomic mass is 19.3. The quantitative estimate of drug-likeness (QED) is 0.312. The molecule has 4 nitrogen and oxygen atoms in total. The zero-order valence-electron chi connectivity index (χ0n) is 20.0. The summed E-state index contributed by atoms with van der Waals surface area (Å²) in [6.45, 7) is -2.10. The van der Waals surface area contributed by atoms with Gasteiger partial charge in [0.2, 0.25) is 0 Å². The molecule has 1 aliphatic rings. The fourth-order valence-electron chi connectivity index (χ4n) is 4.75. The minimum Gasteiger partial charge on any atom is -0.431 e. The second-order valence-corrected chi connectivity index (χ2v) is 9.20. The number of halogens is 5. The van der Waals surface area contributed by atoms with Crippen LogP contribution in [0.15, 0.2) is 72.8 Å². The predicted octanol–water partition coefficient (Wildman–Crippen LogP) is 6.63. The van der Waals surface area contributed by atoms with E-state index in [0.29, 0.717) is 11.6 Å². The van der Waals surface area contributed by atoms with Crippen LogP contribution in [0.25, 0.3) is 0 Å². The van der Waals surface area contributed by atoms with Crippen LogP contribution < -0.4 is 15.4 Å². The van der Waals surface area contributed by atoms with E-state index in [0.717, 1.165) is 43.4 Å². The summed E-state index contributed by atoms with van der Waals surface area (Å²) in [5.74, 6) is -2.08. The lowest BCUT2D eigenvalue weighted by atomic mass is 9.77. The molecule has 1 aliphatic carbocycles. The second kappa shape index (κ2) is 11.2. The van der Waals surface area contributed by atoms with Crippen molar-refractivity contribution in [2.45, 2.75) is 49.8 Å². The third-order valence-electron chi connectivity index (χ3n) is 6.45. The van der Waals surface area contributed by atoms with E-state index in [4.69, 9.17) is 0 Å². The highest BCUT2D eigenvalue weighted by Crippen LogP contribution is 2.37. The Labute approximate surface area is 211 Å². The number of ether oxygens (including phenoxy) is 1. The third-order valence-corrected chi connectivity index (χ3v) is 6.45. The summed E-state index contributed by atoms with van der Waals surface area (Å²) in [6.07, 6.45) is -0.523. The molecule has 4 rings (SSSR count). The number of nitrogens with one attached hydrogen (secondary N) is 2. The largest absolute Gasteiger partial charge is 0.431 e. The molecule has 0 saturated heterocycles. The van der Waals surface area contributed by atoms with Crippen LogP contribution in [0.5, 0.6) is 5.75 Å². The highest BCUT2D eigenvalue weighted by molar-refractivity contribution is 5.76. The Balaban J connectivity index is 1.86. The molecule has 0 spiro atoms. The molecule has 0 aliphatic heterocycles. The molecule has 2 amide bonds. The van der Waals surface area contributed by atoms with Crippen molar-refractivity contribution in [3.8, 4) is 5.75 Å². The van der Waals surface area contributed by atoms with Crippen LogP contribution in [0, 0.1) is 11.6 Å². The van der Waals surface area contributed by atoms with Gasteiger partial charge in [-0.25, -0.2) is 18.0 Å². The zero-order valence-corrected chi connectivity index (χ0v) is 20.0. The van der Waals surface area contributed by atoms with E-state index < -0.39 is 41.7 Å². The summed E-state index contributed by atoms with van der Waals surface area (Å²) < 4.78 is 73.4. The SMILES string of the molecule is O=C(NC1CCCC1)N[C@](Cc1ccccc1)(c1ccc(F)cc1)c1cc(F)cc(OC(F)(F)CF)c1. The molecule has 2 N–H and O–H groups in total. The Morgan fingerprint density at radius 1 is 0.892 bits per heavy atom. The first-order chi connectivity index (χ1) is 17.7. The van der Waals surface area contributed by atoms with Gasteiger partial charge in [-0.1, -0.05) is 55.3 Å². The zero-order chi connectivity index (χ0) is 26.5. The van der Waals surface area contributed by atoms with Crippen LogP contribution in [0.2, 0.25) is 0 Å². The fourth-order valence-corrected chi connectivity index (χ4v) is 4.75. The van der Waals surface area contributed by atoms with Gasteiger partial charge in [0.1, 0.15) is 17.4 Å². The lowest BCUT2D eigenvalue weighted by Crippen LogP contribution is -2.53. The average molecular weight is 519 g/mol. The van der Waals surface area contributed by atoms with E-state index in [2.05, 4.69) is 15.4 Å². The van der Waals surface area contributed by atoms with E-state index in [-0.39, 0.29) is 18.0 Å². The minimum absolute atomic E-state index is 0.0442. The van der Waals surface area contributed by atoms with Gasteiger partial charge in [-0.3, -0.25) is 0 Å². The third kappa shape index (κ3) is 6.58. The molecule has 3 aromatic rings. The van der Waals surface area contributed by atoms with E-state index in [1.807, 2.05) is 0 Å². The van der Waals surface area contributed by atoms with Crippen molar-refractivity contribution in [1.29, 1.82) is 0 Å². The van der Waals surface area contributed by atoms with Gasteiger partial charge in [0.25, 0.3) is 0 Å². The molecule has 1 atom stereocenters. The molecule has 37 heavy (non-hydrogen) atoms. The Kier molecular flexibility index (Phi) is 8.00. The Morgan fingerprint density at radius 2 is 1.57 bits per heavy atom. The number of hydrogen-bond donors (Lipinski definition) is 2. The Bertz CT molecular complexity index is 1200. The molecule has 0 unspecified atom stereocenters. The summed E-state index contributed by atoms with van der Waals surface area (Å²) in [6, 6.07) is 16.6. The van der Waals surface area contributed by atoms with Crippen LogP contribution in [0.1, 0.15) is 42.4 Å². The van der Waals surface area contributed by atoms with Gasteiger partial charge in [-0.15, -0.1) is 0 Å². The first kappa shape index (κ1) is 26.4. The predicted molar refractivity (Wildman–Crippen MR) is 129 cm³/mol. The molecule has 0 heterocycles. The summed E-state index contributed by atoms with van der Waals surface area (Å²) in [5, 5.41) is 5.86. The van der Waals surface area contributed by atoms with Crippen LogP contribution >= 0.6 is 0 Å². The topological polar surface area (TPSA) is 50.4 Å². The van der Waals surface area contributed by atoms with Crippen molar-refractivity contribution in [3.63, 3.8) is 0 Å². The van der Waals surface area contributed by atoms with Gasteiger partial charge in [0.15, 0.2) is 6.67 Å². The number of benzene rings is 3. The Hall–Kier alpha value is -3.62. The summed E-state index contributed by atoms with van der Waals surface area (Å²) in [5.41, 5.74) is -0.348. The number of carbonyl (C=O) groups excluding carboxylic acids is 1. The molecular weight excluding hydrogens is 491 g/mol. The van der Waals surface area contributed by atoms with E-state index in [1.54, 1.807) is 30.3 Å². The van der Waals surface area contributed by atoms with Crippen molar-refractivity contribution in [1.82, 2.24) is 10.6 Å². The van der Waals surface area contributed by atoms with Gasteiger partial charge >= 0.3 is 12.1 Å². The number of amides is 2. The normalized spacial score (nSPS) is 15.7. The van der Waals surface area contributed by atoms with Crippen molar-refractivity contribution in [2.75, 3.05) is 6.67 Å². The van der Waals surface area contributed by atoms with Crippen LogP contribution in [0.3, 0.4) is 0 Å². The molecule has 0 radical (unpaired) electrons. The van der Waals surface area contributed by atoms with Gasteiger partial charge in [0.05, 0.1) is 5.54 Å². The van der Waals surface area contributed by atoms with E-state index >= 15 is 0 Å². The number of urea groups is 1. The number of alkyl halides is 3. The average Bonchev–Trinajstić information content (AvgIpc) is 3.37. The number of carbonyl (C=O) groups is 1. The monoisotopic (exact) mass is 518 g/mol. The Morgan fingerprint density at radius 3 is 2.22 bits per heavy atom. The molecule has 3 aromatic carbocycles. The van der Waals surface area contributed by atoms with Crippen molar-refractivity contribution >= 4 is 6.03 Å². The van der Waals surface area contributed by atoms with Crippen LogP contribution in [-0.4, -0.2) is 24.9 Å². The molecule has 196 valence electrons. The number of hydrogen-bond acceptors (Lipinski definition) is 2. The van der Waals surface area contributed by atoms with E-state index in [9.17, 15) is 26.7 Å². The van der Waals surface area contributed by atoms with Gasteiger partial charge < -0.3 is 15.4 Å². The summed E-state index contributed by atoms with van der Waals surface area (Å²) in [4.78, 5) is 13.3. The first-order valence-electron chi connectivity index (χ1n) is 12.0. The fraction of sp³-hybridized carbons (Fsp3) is 0.321. The maximum atomic E-state index is 14.8. The smallest absolute Gasteiger partial charge is 0.427 e. The van der Waals surface area contributed by atoms with Crippen LogP contribution in [0.4, 0.5) is 26.7 Å². The minimum atomic E-state index is -4.17. The standard InChI is InChI=1S/C28H27F5N2O2/c29-18-28(32,33)37-25-15-21(14-23(31)16-25)27(17-19-6-2-1-3-7-19,20-10-12-22(30)13-11-20)35-26(36)34-24-8-4-5-9-24/h1-3,6-7,10-16,24H,4-5,8-9,17-18H2,(H2,34,35,36)/t27-/m1/s1. The molecule has 0 aromatic heterocycles. The van der Waals surface area contributed by atoms with Crippen molar-refractivity contribution in [3.05, 3.63) is 101 Å². The molecule has 0 bridgehead atoms. The van der Waals surface area contributed by atoms with E-state index in [1.165, 1.54) is 24.3 Å². The maximum absolute atomic E-state index is 14.8. The second-order valence-electron chi connectivity index (χ2n) is 9.20. The van der Waals surface area contributed by atoms with Gasteiger partial charge in [0, 0.05) is 18.5 Å². The maximum Gasteiger partial charge on any atom is 0.427 e. The molecule has 9 heteroatoms. The summed E-state index contributed by atoms with van der Waals surface area (Å²) in [7, 11) is 0. The first-order valence-corrected chi connectivity index (χ1v) is 12.0. The van der Waals surface area contributed by atoms with Crippen molar-refractivity contribution in [2.24, 2.45) is 0 Å².